The Bertz CT molecular complexity index is 501. The van der Waals surface area contributed by atoms with Gasteiger partial charge in [-0.2, -0.15) is 0 Å². The van der Waals surface area contributed by atoms with Crippen LogP contribution in [0.1, 0.15) is 6.42 Å². The summed E-state index contributed by atoms with van der Waals surface area (Å²) in [7, 11) is -5.93. The molecule has 7 unspecified atom stereocenters. The minimum atomic E-state index is -4.25. The number of rotatable bonds is 7. The van der Waals surface area contributed by atoms with Crippen LogP contribution in [-0.2, 0) is 27.7 Å². The van der Waals surface area contributed by atoms with Crippen LogP contribution in [0.5, 0.6) is 0 Å². The van der Waals surface area contributed by atoms with Crippen molar-refractivity contribution in [1.82, 2.24) is 0 Å². The molecule has 1 saturated carbocycles. The zero-order valence-electron chi connectivity index (χ0n) is 12.0. The van der Waals surface area contributed by atoms with Gasteiger partial charge in [0, 0.05) is 0 Å². The summed E-state index contributed by atoms with van der Waals surface area (Å²) >= 11 is 0.473. The molecule has 2 fully saturated rings. The summed E-state index contributed by atoms with van der Waals surface area (Å²) in [4.78, 5) is 28.1. The molecule has 1 radical (unpaired) electrons. The Morgan fingerprint density at radius 3 is 2.27 bits per heavy atom. The number of phosphoric acid groups is 1. The van der Waals surface area contributed by atoms with Crippen molar-refractivity contribution < 1.29 is 42.3 Å². The second-order valence-corrected chi connectivity index (χ2v) is 15.6. The summed E-state index contributed by atoms with van der Waals surface area (Å²) in [5, 5.41) is -0.231. The van der Waals surface area contributed by atoms with E-state index < -0.39 is 45.3 Å². The van der Waals surface area contributed by atoms with Crippen LogP contribution in [0.15, 0.2) is 0 Å². The fraction of sp³-hybridized carbons (Fsp3) is 1.00. The van der Waals surface area contributed by atoms with Crippen molar-refractivity contribution in [3.8, 4) is 0 Å². The van der Waals surface area contributed by atoms with Crippen molar-refractivity contribution in [2.24, 2.45) is 5.92 Å². The second kappa shape index (κ2) is 7.88. The first-order valence-electron chi connectivity index (χ1n) is 6.36. The van der Waals surface area contributed by atoms with E-state index in [9.17, 15) is 23.8 Å². The maximum absolute atomic E-state index is 11.7. The molecule has 13 heteroatoms. The third-order valence-corrected chi connectivity index (χ3v) is 13.1. The van der Waals surface area contributed by atoms with Gasteiger partial charge in [0.15, 0.2) is 0 Å². The van der Waals surface area contributed by atoms with Crippen LogP contribution >= 0.6 is 15.4 Å². The molecule has 1 aliphatic carbocycles. The van der Waals surface area contributed by atoms with Crippen LogP contribution in [0.25, 0.3) is 0 Å². The molecule has 7 atom stereocenters. The molecule has 1 heterocycles. The first-order valence-corrected chi connectivity index (χ1v) is 21.2. The Labute approximate surface area is 160 Å². The number of phosphoric ester groups is 1. The molecule has 0 aromatic heterocycles. The Balaban J connectivity index is 2.19. The molecule has 9 nitrogen and oxygen atoms in total. The summed E-state index contributed by atoms with van der Waals surface area (Å²) in [5.74, 6) is -0.402. The average Bonchev–Trinajstić information content (AvgIpc) is 3.16. The molecule has 1 aliphatic heterocycles. The van der Waals surface area contributed by atoms with E-state index in [0.29, 0.717) is 49.5 Å². The normalized spacial score (nSPS) is 41.3. The molecule has 2 rings (SSSR count). The van der Waals surface area contributed by atoms with Gasteiger partial charge in [-0.25, -0.2) is 0 Å². The molecular weight excluding hydrogens is 530 g/mol. The molecule has 0 amide bonds. The average molecular weight is 547 g/mol. The Kier molecular flexibility index (Phi) is 7.37. The Hall–Kier alpha value is 2.27. The van der Waals surface area contributed by atoms with Gasteiger partial charge >= 0.3 is 163 Å². The molecule has 0 spiro atoms. The third-order valence-electron chi connectivity index (χ3n) is 3.79. The van der Waals surface area contributed by atoms with Gasteiger partial charge in [-0.15, -0.1) is 0 Å². The predicted octanol–water partition coefficient (Wildman–Crippen LogP) is -0.788. The molecule has 125 valence electrons. The van der Waals surface area contributed by atoms with E-state index in [0.717, 1.165) is 7.11 Å². The van der Waals surface area contributed by atoms with Crippen molar-refractivity contribution in [3.05, 3.63) is 0 Å². The summed E-state index contributed by atoms with van der Waals surface area (Å²) in [6.45, 7) is 0. The molecule has 3 N–H and O–H groups in total. The van der Waals surface area contributed by atoms with E-state index >= 15 is 0 Å². The van der Waals surface area contributed by atoms with E-state index in [1.54, 1.807) is 0 Å². The molecule has 2 aliphatic rings. The van der Waals surface area contributed by atoms with Crippen LogP contribution in [0.3, 0.4) is 0 Å². The van der Waals surface area contributed by atoms with E-state index in [2.05, 4.69) is 4.52 Å². The van der Waals surface area contributed by atoms with Gasteiger partial charge < -0.3 is 0 Å². The monoisotopic (exact) mass is 549 g/mol. The fourth-order valence-electron chi connectivity index (χ4n) is 2.63. The van der Waals surface area contributed by atoms with Gasteiger partial charge in [0.05, 0.1) is 0 Å². The number of methoxy groups -OCH3 is 1. The van der Waals surface area contributed by atoms with E-state index in [-0.39, 0.29) is 11.2 Å². The van der Waals surface area contributed by atoms with Crippen molar-refractivity contribution >= 4 is 64.7 Å². The quantitative estimate of drug-likeness (QED) is 0.277. The van der Waals surface area contributed by atoms with Gasteiger partial charge in [-0.1, -0.05) is 0 Å². The second-order valence-electron chi connectivity index (χ2n) is 5.11. The molecule has 22 heavy (non-hydrogen) atoms. The van der Waals surface area contributed by atoms with Crippen molar-refractivity contribution in [3.63, 3.8) is 0 Å². The predicted molar refractivity (Wildman–Crippen MR) is 76.6 cm³/mol. The summed E-state index contributed by atoms with van der Waals surface area (Å²) in [6, 6.07) is 0. The van der Waals surface area contributed by atoms with Crippen LogP contribution in [0, 0.1) is 5.92 Å². The van der Waals surface area contributed by atoms with E-state index in [1.807, 2.05) is 0 Å². The topological polar surface area (TPSA) is 132 Å². The Morgan fingerprint density at radius 2 is 1.86 bits per heavy atom. The van der Waals surface area contributed by atoms with Gasteiger partial charge in [-0.3, -0.25) is 0 Å². The molecule has 0 aromatic rings. The SMILES string of the molecule is COC1C([Se][Ba])OC(C2CC2P(=O)(O)O)C1OP(=O)(O)OC. The zero-order valence-corrected chi connectivity index (χ0v) is 19.9. The molecule has 0 aromatic carbocycles. The van der Waals surface area contributed by atoms with Gasteiger partial charge in [0.25, 0.3) is 0 Å². The number of hydrogen-bond acceptors (Lipinski definition) is 6. The summed E-state index contributed by atoms with van der Waals surface area (Å²) in [5.41, 5.74) is -0.785. The zero-order chi connectivity index (χ0) is 16.7. The number of ether oxygens (including phenoxy) is 2. The van der Waals surface area contributed by atoms with Crippen molar-refractivity contribution in [2.45, 2.75) is 35.4 Å². The third kappa shape index (κ3) is 4.71. The standard InChI is InChI=1S/C9H18O9P2Se.Ba/c1-15-8-7(18-20(13,14)16-2)6(17-9(8)21)4-3-5(4)19(10,11)12;/h4-9,21H,3H2,1-2H3,(H,13,14)(H2,10,11,12);/q;+1/p-1. The van der Waals surface area contributed by atoms with Crippen LogP contribution in [0.4, 0.5) is 0 Å². The van der Waals surface area contributed by atoms with Gasteiger partial charge in [-0.05, 0) is 0 Å². The first-order chi connectivity index (χ1) is 10.1. The molecular formula is C9H17BaO9P2Se. The molecule has 0 bridgehead atoms. The van der Waals surface area contributed by atoms with Crippen LogP contribution < -0.4 is 0 Å². The summed E-state index contributed by atoms with van der Waals surface area (Å²) < 4.78 is 43.9. The van der Waals surface area contributed by atoms with Crippen LogP contribution in [-0.4, -0.2) is 107 Å². The molecule has 1 saturated heterocycles. The van der Waals surface area contributed by atoms with Crippen LogP contribution in [0.2, 0.25) is 0 Å². The minimum absolute atomic E-state index is 0.204. The van der Waals surface area contributed by atoms with Crippen molar-refractivity contribution in [1.29, 1.82) is 0 Å². The Morgan fingerprint density at radius 1 is 1.23 bits per heavy atom. The first kappa shape index (κ1) is 20.6. The summed E-state index contributed by atoms with van der Waals surface area (Å²) in [6.07, 6.45) is -1.57. The maximum atomic E-state index is 11.7. The fourth-order valence-corrected chi connectivity index (χ4v) is 10.2. The van der Waals surface area contributed by atoms with E-state index in [4.69, 9.17) is 14.0 Å². The number of hydrogen-bond donors (Lipinski definition) is 3. The van der Waals surface area contributed by atoms with E-state index in [1.165, 1.54) is 7.11 Å². The van der Waals surface area contributed by atoms with Gasteiger partial charge in [0.1, 0.15) is 0 Å². The van der Waals surface area contributed by atoms with Crippen molar-refractivity contribution in [2.75, 3.05) is 14.2 Å². The van der Waals surface area contributed by atoms with Gasteiger partial charge in [0.2, 0.25) is 0 Å².